The molecule has 0 saturated carbocycles. The first kappa shape index (κ1) is 17.9. The topological polar surface area (TPSA) is 102 Å². The average Bonchev–Trinajstić information content (AvgIpc) is 2.54. The molecule has 128 valence electrons. The molecule has 0 bridgehead atoms. The maximum Gasteiger partial charge on any atom is 0.337 e. The number of carboxylic acid groups (broad SMARTS) is 1. The lowest BCUT2D eigenvalue weighted by atomic mass is 10.2. The fourth-order valence-electron chi connectivity index (χ4n) is 2.00. The van der Waals surface area contributed by atoms with Gasteiger partial charge < -0.3 is 14.6 Å². The van der Waals surface area contributed by atoms with Gasteiger partial charge in [0, 0.05) is 12.1 Å². The van der Waals surface area contributed by atoms with Gasteiger partial charge in [0.2, 0.25) is 0 Å². The number of sulfonamides is 1. The summed E-state index contributed by atoms with van der Waals surface area (Å²) in [4.78, 5) is 11.0. The SMILES string of the molecule is COc1cc(S(=O)(=O)Nc2ccccc2C(=O)O)c(OC)cc1Cl. The number of hydrogen-bond donors (Lipinski definition) is 2. The molecule has 0 atom stereocenters. The van der Waals surface area contributed by atoms with Crippen LogP contribution in [0.5, 0.6) is 11.5 Å². The Kier molecular flexibility index (Phi) is 5.20. The summed E-state index contributed by atoms with van der Waals surface area (Å²) in [5.74, 6) is -1.11. The molecule has 0 aliphatic heterocycles. The molecule has 2 aromatic rings. The van der Waals surface area contributed by atoms with Crippen LogP contribution in [0.25, 0.3) is 0 Å². The van der Waals surface area contributed by atoms with E-state index in [1.807, 2.05) is 0 Å². The van der Waals surface area contributed by atoms with Crippen molar-refractivity contribution >= 4 is 33.3 Å². The van der Waals surface area contributed by atoms with Gasteiger partial charge in [-0.15, -0.1) is 0 Å². The van der Waals surface area contributed by atoms with Gasteiger partial charge in [-0.25, -0.2) is 13.2 Å². The first-order chi connectivity index (χ1) is 11.3. The Hall–Kier alpha value is -2.45. The molecular weight excluding hydrogens is 358 g/mol. The lowest BCUT2D eigenvalue weighted by molar-refractivity contribution is 0.0698. The molecule has 0 aliphatic rings. The van der Waals surface area contributed by atoms with Crippen molar-refractivity contribution in [2.24, 2.45) is 0 Å². The second-order valence-electron chi connectivity index (χ2n) is 4.59. The van der Waals surface area contributed by atoms with Gasteiger partial charge in [0.15, 0.2) is 0 Å². The summed E-state index contributed by atoms with van der Waals surface area (Å²) in [6.45, 7) is 0. The zero-order valence-electron chi connectivity index (χ0n) is 12.7. The van der Waals surface area contributed by atoms with Gasteiger partial charge in [-0.1, -0.05) is 23.7 Å². The zero-order valence-corrected chi connectivity index (χ0v) is 14.3. The van der Waals surface area contributed by atoms with E-state index in [1.54, 1.807) is 0 Å². The summed E-state index contributed by atoms with van der Waals surface area (Å²) in [7, 11) is -1.50. The van der Waals surface area contributed by atoms with Crippen LogP contribution in [-0.2, 0) is 10.0 Å². The molecule has 0 amide bonds. The van der Waals surface area contributed by atoms with Gasteiger partial charge in [-0.2, -0.15) is 0 Å². The number of halogens is 1. The molecule has 2 N–H and O–H groups in total. The molecule has 2 aromatic carbocycles. The number of nitrogens with one attached hydrogen (secondary N) is 1. The third-order valence-electron chi connectivity index (χ3n) is 3.13. The summed E-state index contributed by atoms with van der Waals surface area (Å²) < 4.78 is 37.6. The van der Waals surface area contributed by atoms with Crippen molar-refractivity contribution in [2.45, 2.75) is 4.90 Å². The van der Waals surface area contributed by atoms with Crippen molar-refractivity contribution in [3.63, 3.8) is 0 Å². The van der Waals surface area contributed by atoms with E-state index >= 15 is 0 Å². The maximum atomic E-state index is 12.7. The minimum Gasteiger partial charge on any atom is -0.495 e. The van der Waals surface area contributed by atoms with Crippen LogP contribution in [0.4, 0.5) is 5.69 Å². The number of rotatable bonds is 6. The smallest absolute Gasteiger partial charge is 0.337 e. The van der Waals surface area contributed by atoms with Gasteiger partial charge in [-0.3, -0.25) is 4.72 Å². The first-order valence-corrected chi connectivity index (χ1v) is 8.43. The summed E-state index contributed by atoms with van der Waals surface area (Å²) in [6.07, 6.45) is 0. The Morgan fingerprint density at radius 1 is 1.12 bits per heavy atom. The average molecular weight is 372 g/mol. The predicted octanol–water partition coefficient (Wildman–Crippen LogP) is 2.86. The molecule has 2 rings (SSSR count). The number of aromatic carboxylic acids is 1. The number of methoxy groups -OCH3 is 2. The van der Waals surface area contributed by atoms with Crippen LogP contribution in [0.15, 0.2) is 41.3 Å². The largest absolute Gasteiger partial charge is 0.495 e. The molecule has 24 heavy (non-hydrogen) atoms. The lowest BCUT2D eigenvalue weighted by Gasteiger charge is -2.15. The molecule has 7 nitrogen and oxygen atoms in total. The van der Waals surface area contributed by atoms with Gasteiger partial charge in [-0.05, 0) is 12.1 Å². The molecular formula is C15H14ClNO6S. The zero-order chi connectivity index (χ0) is 17.9. The molecule has 0 aromatic heterocycles. The predicted molar refractivity (Wildman–Crippen MR) is 88.8 cm³/mol. The Bertz CT molecular complexity index is 882. The van der Waals surface area contributed by atoms with Crippen molar-refractivity contribution < 1.29 is 27.8 Å². The maximum absolute atomic E-state index is 12.7. The fourth-order valence-corrected chi connectivity index (χ4v) is 3.48. The van der Waals surface area contributed by atoms with Gasteiger partial charge in [0.1, 0.15) is 16.4 Å². The lowest BCUT2D eigenvalue weighted by Crippen LogP contribution is -2.16. The Labute approximate surface area is 143 Å². The number of carbonyl (C=O) groups is 1. The van der Waals surface area contributed by atoms with E-state index in [0.29, 0.717) is 0 Å². The van der Waals surface area contributed by atoms with Gasteiger partial charge in [0.05, 0.1) is 30.5 Å². The third kappa shape index (κ3) is 3.55. The molecule has 0 aliphatic carbocycles. The normalized spacial score (nSPS) is 11.0. The third-order valence-corrected chi connectivity index (χ3v) is 4.81. The van der Waals surface area contributed by atoms with Crippen LogP contribution in [0.1, 0.15) is 10.4 Å². The minimum absolute atomic E-state index is 0.00102. The van der Waals surface area contributed by atoms with Crippen molar-refractivity contribution in [3.05, 3.63) is 47.0 Å². The molecule has 0 saturated heterocycles. The second kappa shape index (κ2) is 6.98. The van der Waals surface area contributed by atoms with E-state index in [2.05, 4.69) is 4.72 Å². The van der Waals surface area contributed by atoms with Crippen LogP contribution in [0, 0.1) is 0 Å². The van der Waals surface area contributed by atoms with E-state index in [4.69, 9.17) is 26.2 Å². The van der Waals surface area contributed by atoms with Crippen LogP contribution in [-0.4, -0.2) is 33.7 Å². The van der Waals surface area contributed by atoms with Crippen molar-refractivity contribution in [1.82, 2.24) is 0 Å². The van der Waals surface area contributed by atoms with Crippen molar-refractivity contribution in [1.29, 1.82) is 0 Å². The van der Waals surface area contributed by atoms with Crippen molar-refractivity contribution in [3.8, 4) is 11.5 Å². The molecule has 0 fully saturated rings. The monoisotopic (exact) mass is 371 g/mol. The molecule has 0 unspecified atom stereocenters. The summed E-state index contributed by atoms with van der Waals surface area (Å²) >= 11 is 5.96. The van der Waals surface area contributed by atoms with E-state index < -0.39 is 16.0 Å². The fraction of sp³-hybridized carbons (Fsp3) is 0.133. The Morgan fingerprint density at radius 2 is 1.75 bits per heavy atom. The minimum atomic E-state index is -4.14. The van der Waals surface area contributed by atoms with Crippen molar-refractivity contribution in [2.75, 3.05) is 18.9 Å². The number of benzene rings is 2. The quantitative estimate of drug-likeness (QED) is 0.809. The number of anilines is 1. The highest BCUT2D eigenvalue weighted by Crippen LogP contribution is 2.36. The standard InChI is InChI=1S/C15H14ClNO6S/c1-22-12-8-14(13(23-2)7-10(12)16)24(20,21)17-11-6-4-3-5-9(11)15(18)19/h3-8,17H,1-2H3,(H,18,19). The number of carboxylic acids is 1. The number of hydrogen-bond acceptors (Lipinski definition) is 5. The van der Waals surface area contributed by atoms with Crippen LogP contribution >= 0.6 is 11.6 Å². The summed E-state index contributed by atoms with van der Waals surface area (Å²) in [5.41, 5.74) is -0.248. The van der Waals surface area contributed by atoms with Gasteiger partial charge in [0.25, 0.3) is 10.0 Å². The van der Waals surface area contributed by atoms with Gasteiger partial charge >= 0.3 is 5.97 Å². The highest BCUT2D eigenvalue weighted by Gasteiger charge is 2.24. The van der Waals surface area contributed by atoms with Crippen LogP contribution in [0.2, 0.25) is 5.02 Å². The summed E-state index contributed by atoms with van der Waals surface area (Å²) in [6, 6.07) is 8.16. The second-order valence-corrected chi connectivity index (χ2v) is 6.65. The highest BCUT2D eigenvalue weighted by atomic mass is 35.5. The highest BCUT2D eigenvalue weighted by molar-refractivity contribution is 7.92. The summed E-state index contributed by atoms with van der Waals surface area (Å²) in [5, 5.41) is 9.34. The molecule has 9 heteroatoms. The number of ether oxygens (including phenoxy) is 2. The Balaban J connectivity index is 2.54. The van der Waals surface area contributed by atoms with E-state index in [9.17, 15) is 13.2 Å². The van der Waals surface area contributed by atoms with E-state index in [1.165, 1.54) is 50.6 Å². The number of para-hydroxylation sites is 1. The molecule has 0 heterocycles. The van der Waals surface area contributed by atoms with E-state index in [0.717, 1.165) is 0 Å². The molecule has 0 radical (unpaired) electrons. The van der Waals surface area contributed by atoms with E-state index in [-0.39, 0.29) is 32.7 Å². The van der Waals surface area contributed by atoms with Crippen LogP contribution < -0.4 is 14.2 Å². The molecule has 0 spiro atoms. The van der Waals surface area contributed by atoms with Crippen LogP contribution in [0.3, 0.4) is 0 Å². The Morgan fingerprint density at radius 3 is 2.33 bits per heavy atom. The first-order valence-electron chi connectivity index (χ1n) is 6.57.